The Morgan fingerprint density at radius 2 is 1.55 bits per heavy atom. The molecule has 200 valence electrons. The molecule has 1 fully saturated rings. The number of carbonyl (C=O) groups is 2. The third-order valence-electron chi connectivity index (χ3n) is 6.40. The highest BCUT2D eigenvalue weighted by Crippen LogP contribution is 2.29. The molecule has 1 saturated heterocycles. The van der Waals surface area contributed by atoms with Crippen LogP contribution in [0.25, 0.3) is 11.1 Å². The van der Waals surface area contributed by atoms with Crippen molar-refractivity contribution in [3.8, 4) is 11.1 Å². The number of nitrogens with one attached hydrogen (secondary N) is 3. The fourth-order valence-electron chi connectivity index (χ4n) is 4.39. The van der Waals surface area contributed by atoms with Gasteiger partial charge in [-0.1, -0.05) is 48.5 Å². The van der Waals surface area contributed by atoms with E-state index in [0.717, 1.165) is 16.7 Å². The Labute approximate surface area is 223 Å². The molecule has 2 amide bonds. The second kappa shape index (κ2) is 12.3. The number of hydrogen-bond acceptors (Lipinski definition) is 6. The summed E-state index contributed by atoms with van der Waals surface area (Å²) in [5, 5.41) is 8.66. The topological polar surface area (TPSA) is 111 Å². The van der Waals surface area contributed by atoms with Gasteiger partial charge in [-0.05, 0) is 42.4 Å². The third kappa shape index (κ3) is 7.26. The summed E-state index contributed by atoms with van der Waals surface area (Å²) < 4.78 is 24.9. The van der Waals surface area contributed by atoms with E-state index in [1.807, 2.05) is 60.7 Å². The minimum atomic E-state index is -3.15. The Balaban J connectivity index is 1.42. The van der Waals surface area contributed by atoms with Gasteiger partial charge in [-0.2, -0.15) is 4.31 Å². The van der Waals surface area contributed by atoms with Gasteiger partial charge in [-0.25, -0.2) is 8.42 Å². The first-order valence-corrected chi connectivity index (χ1v) is 14.3. The Morgan fingerprint density at radius 3 is 2.18 bits per heavy atom. The SMILES string of the molecule is CNCC(=O)Nc1cc(C(=O)Nc2ccc(CN3CCN(S(C)(=O)=O)CC3)cc2)ccc1-c1ccccc1. The Morgan fingerprint density at radius 1 is 0.868 bits per heavy atom. The van der Waals surface area contributed by atoms with E-state index >= 15 is 0 Å². The second-order valence-corrected chi connectivity index (χ2v) is 11.3. The molecule has 9 nitrogen and oxygen atoms in total. The lowest BCUT2D eigenvalue weighted by Crippen LogP contribution is -2.47. The average Bonchev–Trinajstić information content (AvgIpc) is 2.90. The van der Waals surface area contributed by atoms with Crippen LogP contribution in [0.5, 0.6) is 0 Å². The number of nitrogens with zero attached hydrogens (tertiary/aromatic N) is 2. The van der Waals surface area contributed by atoms with Crippen LogP contribution in [0.2, 0.25) is 0 Å². The van der Waals surface area contributed by atoms with Crippen molar-refractivity contribution in [2.45, 2.75) is 6.54 Å². The van der Waals surface area contributed by atoms with E-state index in [2.05, 4.69) is 20.9 Å². The van der Waals surface area contributed by atoms with Crippen molar-refractivity contribution >= 4 is 33.2 Å². The molecule has 0 unspecified atom stereocenters. The predicted molar refractivity (Wildman–Crippen MR) is 151 cm³/mol. The molecule has 0 radical (unpaired) electrons. The molecule has 0 spiro atoms. The molecule has 3 N–H and O–H groups in total. The molecule has 38 heavy (non-hydrogen) atoms. The summed E-state index contributed by atoms with van der Waals surface area (Å²) in [6.45, 7) is 3.21. The number of piperazine rings is 1. The van der Waals surface area contributed by atoms with Gasteiger partial charge in [0.1, 0.15) is 0 Å². The van der Waals surface area contributed by atoms with E-state index in [-0.39, 0.29) is 18.4 Å². The molecule has 0 aromatic heterocycles. The zero-order chi connectivity index (χ0) is 27.1. The van der Waals surface area contributed by atoms with Crippen molar-refractivity contribution in [1.29, 1.82) is 0 Å². The fourth-order valence-corrected chi connectivity index (χ4v) is 5.21. The van der Waals surface area contributed by atoms with E-state index in [4.69, 9.17) is 0 Å². The van der Waals surface area contributed by atoms with E-state index in [1.165, 1.54) is 10.6 Å². The molecule has 10 heteroatoms. The molecular weight excluding hydrogens is 502 g/mol. The Bertz CT molecular complexity index is 1370. The first-order valence-electron chi connectivity index (χ1n) is 12.4. The maximum atomic E-state index is 13.0. The quantitative estimate of drug-likeness (QED) is 0.389. The van der Waals surface area contributed by atoms with Gasteiger partial charge in [0.2, 0.25) is 15.9 Å². The first kappa shape index (κ1) is 27.5. The monoisotopic (exact) mass is 535 g/mol. The van der Waals surface area contributed by atoms with E-state index in [0.29, 0.717) is 49.7 Å². The Hall–Kier alpha value is -3.57. The molecule has 3 aromatic carbocycles. The standard InChI is InChI=1S/C28H33N5O4S/c1-29-19-27(34)31-26-18-23(10-13-25(26)22-6-4-3-5-7-22)28(35)30-24-11-8-21(9-12-24)20-32-14-16-33(17-15-32)38(2,36)37/h3-13,18,29H,14-17,19-20H2,1-2H3,(H,30,35)(H,31,34). The van der Waals surface area contributed by atoms with Crippen molar-refractivity contribution in [2.24, 2.45) is 0 Å². The van der Waals surface area contributed by atoms with E-state index < -0.39 is 10.0 Å². The molecule has 0 atom stereocenters. The molecule has 1 aliphatic heterocycles. The highest BCUT2D eigenvalue weighted by atomic mass is 32.2. The van der Waals surface area contributed by atoms with E-state index in [1.54, 1.807) is 19.2 Å². The zero-order valence-corrected chi connectivity index (χ0v) is 22.4. The van der Waals surface area contributed by atoms with Crippen LogP contribution < -0.4 is 16.0 Å². The van der Waals surface area contributed by atoms with Gasteiger partial charge in [0.15, 0.2) is 0 Å². The maximum Gasteiger partial charge on any atom is 0.255 e. The lowest BCUT2D eigenvalue weighted by Gasteiger charge is -2.33. The predicted octanol–water partition coefficient (Wildman–Crippen LogP) is 2.84. The molecule has 0 aliphatic carbocycles. The number of hydrogen-bond donors (Lipinski definition) is 3. The fraction of sp³-hybridized carbons (Fsp3) is 0.286. The van der Waals surface area contributed by atoms with Crippen LogP contribution in [0.4, 0.5) is 11.4 Å². The minimum Gasteiger partial charge on any atom is -0.324 e. The number of sulfonamides is 1. The van der Waals surface area contributed by atoms with Crippen molar-refractivity contribution in [1.82, 2.24) is 14.5 Å². The summed E-state index contributed by atoms with van der Waals surface area (Å²) in [7, 11) is -1.45. The number of likely N-dealkylation sites (N-methyl/N-ethyl adjacent to an activating group) is 1. The maximum absolute atomic E-state index is 13.0. The lowest BCUT2D eigenvalue weighted by atomic mass is 10.0. The van der Waals surface area contributed by atoms with Gasteiger partial charge in [-0.3, -0.25) is 14.5 Å². The summed E-state index contributed by atoms with van der Waals surface area (Å²) >= 11 is 0. The number of amides is 2. The van der Waals surface area contributed by atoms with Crippen LogP contribution in [0, 0.1) is 0 Å². The number of rotatable bonds is 9. The highest BCUT2D eigenvalue weighted by molar-refractivity contribution is 7.88. The molecule has 0 saturated carbocycles. The highest BCUT2D eigenvalue weighted by Gasteiger charge is 2.23. The smallest absolute Gasteiger partial charge is 0.255 e. The van der Waals surface area contributed by atoms with Crippen molar-refractivity contribution < 1.29 is 18.0 Å². The van der Waals surface area contributed by atoms with E-state index in [9.17, 15) is 18.0 Å². The zero-order valence-electron chi connectivity index (χ0n) is 21.6. The van der Waals surface area contributed by atoms with Crippen molar-refractivity contribution in [3.63, 3.8) is 0 Å². The van der Waals surface area contributed by atoms with Crippen LogP contribution in [-0.4, -0.2) is 75.5 Å². The second-order valence-electron chi connectivity index (χ2n) is 9.29. The van der Waals surface area contributed by atoms with Gasteiger partial charge in [-0.15, -0.1) is 0 Å². The molecule has 0 bridgehead atoms. The average molecular weight is 536 g/mol. The lowest BCUT2D eigenvalue weighted by molar-refractivity contribution is -0.115. The molecule has 1 aliphatic rings. The van der Waals surface area contributed by atoms with Crippen molar-refractivity contribution in [3.05, 3.63) is 83.9 Å². The van der Waals surface area contributed by atoms with Gasteiger partial charge < -0.3 is 16.0 Å². The van der Waals surface area contributed by atoms with Crippen LogP contribution in [0.1, 0.15) is 15.9 Å². The summed E-state index contributed by atoms with van der Waals surface area (Å²) in [4.78, 5) is 27.6. The van der Waals surface area contributed by atoms with Crippen LogP contribution in [0.15, 0.2) is 72.8 Å². The van der Waals surface area contributed by atoms with Gasteiger partial charge in [0.25, 0.3) is 5.91 Å². The summed E-state index contributed by atoms with van der Waals surface area (Å²) in [5.41, 5.74) is 4.50. The van der Waals surface area contributed by atoms with Crippen LogP contribution >= 0.6 is 0 Å². The Kier molecular flexibility index (Phi) is 8.90. The number of benzene rings is 3. The molecule has 3 aromatic rings. The normalized spacial score (nSPS) is 14.7. The molecule has 4 rings (SSSR count). The third-order valence-corrected chi connectivity index (χ3v) is 7.70. The first-order chi connectivity index (χ1) is 18.2. The van der Waals surface area contributed by atoms with Gasteiger partial charge in [0.05, 0.1) is 12.8 Å². The summed E-state index contributed by atoms with van der Waals surface area (Å²) in [6.07, 6.45) is 1.24. The molecule has 1 heterocycles. The van der Waals surface area contributed by atoms with Crippen LogP contribution in [0.3, 0.4) is 0 Å². The largest absolute Gasteiger partial charge is 0.324 e. The summed E-state index contributed by atoms with van der Waals surface area (Å²) in [5.74, 6) is -0.478. The van der Waals surface area contributed by atoms with Gasteiger partial charge in [0, 0.05) is 55.2 Å². The van der Waals surface area contributed by atoms with Gasteiger partial charge >= 0.3 is 0 Å². The summed E-state index contributed by atoms with van der Waals surface area (Å²) in [6, 6.07) is 22.6. The number of carbonyl (C=O) groups excluding carboxylic acids is 2. The number of anilines is 2. The van der Waals surface area contributed by atoms with Crippen molar-refractivity contribution in [2.75, 3.05) is 56.7 Å². The molecular formula is C28H33N5O4S. The van der Waals surface area contributed by atoms with Crippen LogP contribution in [-0.2, 0) is 21.4 Å². The minimum absolute atomic E-state index is 0.157.